The third kappa shape index (κ3) is 3.60. The minimum Gasteiger partial charge on any atom is -0.497 e. The van der Waals surface area contributed by atoms with E-state index in [1.54, 1.807) is 7.11 Å². The van der Waals surface area contributed by atoms with Crippen LogP contribution in [0.3, 0.4) is 0 Å². The topological polar surface area (TPSA) is 66.9 Å². The Morgan fingerprint density at radius 2 is 1.88 bits per heavy atom. The monoisotopic (exact) mass is 349 g/mol. The third-order valence-corrected chi connectivity index (χ3v) is 4.87. The smallest absolute Gasteiger partial charge is 0.125 e. The summed E-state index contributed by atoms with van der Waals surface area (Å²) < 4.78 is 5.23. The Balaban J connectivity index is 1.47. The molecule has 2 aromatic heterocycles. The normalized spacial score (nSPS) is 14.2. The summed E-state index contributed by atoms with van der Waals surface area (Å²) >= 11 is 0. The van der Waals surface area contributed by atoms with E-state index in [1.165, 1.54) is 16.8 Å². The lowest BCUT2D eigenvalue weighted by molar-refractivity contribution is 0.243. The van der Waals surface area contributed by atoms with Crippen molar-refractivity contribution >= 4 is 0 Å². The molecule has 0 atom stereocenters. The van der Waals surface area contributed by atoms with Gasteiger partial charge in [0.25, 0.3) is 0 Å². The van der Waals surface area contributed by atoms with Gasteiger partial charge in [-0.05, 0) is 24.6 Å². The summed E-state index contributed by atoms with van der Waals surface area (Å²) in [5.41, 5.74) is 6.13. The zero-order valence-electron chi connectivity index (χ0n) is 15.2. The van der Waals surface area contributed by atoms with Crippen molar-refractivity contribution in [2.24, 2.45) is 0 Å². The Morgan fingerprint density at radius 1 is 1.12 bits per heavy atom. The van der Waals surface area contributed by atoms with Crippen LogP contribution in [0.2, 0.25) is 0 Å². The fourth-order valence-corrected chi connectivity index (χ4v) is 3.39. The molecular formula is C20H23N5O. The highest BCUT2D eigenvalue weighted by molar-refractivity contribution is 5.34. The van der Waals surface area contributed by atoms with Gasteiger partial charge >= 0.3 is 0 Å². The molecule has 0 saturated carbocycles. The van der Waals surface area contributed by atoms with Gasteiger partial charge in [0.15, 0.2) is 0 Å². The fraction of sp³-hybridized carbons (Fsp3) is 0.350. The van der Waals surface area contributed by atoms with E-state index in [0.29, 0.717) is 0 Å². The van der Waals surface area contributed by atoms with E-state index in [-0.39, 0.29) is 0 Å². The molecule has 0 fully saturated rings. The number of hydrogen-bond donors (Lipinski definition) is 1. The molecule has 1 aromatic carbocycles. The van der Waals surface area contributed by atoms with Gasteiger partial charge in [-0.2, -0.15) is 5.10 Å². The number of ether oxygens (including phenoxy) is 1. The van der Waals surface area contributed by atoms with Gasteiger partial charge < -0.3 is 4.74 Å². The van der Waals surface area contributed by atoms with Crippen molar-refractivity contribution in [3.05, 3.63) is 70.6 Å². The SMILES string of the molecule is COc1ccc(Cc2n[nH]c3c2CN(Cc2cnc(C)nc2)CC3)cc1. The zero-order chi connectivity index (χ0) is 17.9. The Labute approximate surface area is 153 Å². The predicted octanol–water partition coefficient (Wildman–Crippen LogP) is 2.67. The van der Waals surface area contributed by atoms with Crippen LogP contribution in [0.15, 0.2) is 36.7 Å². The molecule has 134 valence electrons. The number of aromatic nitrogens is 4. The second-order valence-corrected chi connectivity index (χ2v) is 6.75. The van der Waals surface area contributed by atoms with Crippen molar-refractivity contribution < 1.29 is 4.74 Å². The molecule has 1 aliphatic rings. The highest BCUT2D eigenvalue weighted by Crippen LogP contribution is 2.24. The molecular weight excluding hydrogens is 326 g/mol. The Kier molecular flexibility index (Phi) is 4.67. The summed E-state index contributed by atoms with van der Waals surface area (Å²) in [4.78, 5) is 11.0. The summed E-state index contributed by atoms with van der Waals surface area (Å²) in [6.45, 7) is 4.71. The third-order valence-electron chi connectivity index (χ3n) is 4.87. The minimum atomic E-state index is 0.811. The van der Waals surface area contributed by atoms with Crippen molar-refractivity contribution in [1.29, 1.82) is 0 Å². The molecule has 0 spiro atoms. The van der Waals surface area contributed by atoms with E-state index in [1.807, 2.05) is 31.5 Å². The first-order valence-corrected chi connectivity index (χ1v) is 8.89. The largest absolute Gasteiger partial charge is 0.497 e. The van der Waals surface area contributed by atoms with Gasteiger partial charge in [-0.25, -0.2) is 9.97 Å². The first-order chi connectivity index (χ1) is 12.7. The van der Waals surface area contributed by atoms with E-state index >= 15 is 0 Å². The van der Waals surface area contributed by atoms with Crippen LogP contribution >= 0.6 is 0 Å². The summed E-state index contributed by atoms with van der Waals surface area (Å²) in [7, 11) is 1.69. The number of nitrogens with one attached hydrogen (secondary N) is 1. The quantitative estimate of drug-likeness (QED) is 0.767. The number of nitrogens with zero attached hydrogens (tertiary/aromatic N) is 4. The lowest BCUT2D eigenvalue weighted by atomic mass is 10.0. The minimum absolute atomic E-state index is 0.811. The molecule has 0 radical (unpaired) electrons. The average Bonchev–Trinajstić information content (AvgIpc) is 3.06. The van der Waals surface area contributed by atoms with E-state index in [0.717, 1.165) is 55.3 Å². The van der Waals surface area contributed by atoms with Gasteiger partial charge in [0.1, 0.15) is 11.6 Å². The molecule has 4 rings (SSSR count). The summed E-state index contributed by atoms with van der Waals surface area (Å²) in [6.07, 6.45) is 5.67. The van der Waals surface area contributed by atoms with Crippen molar-refractivity contribution in [2.45, 2.75) is 32.9 Å². The summed E-state index contributed by atoms with van der Waals surface area (Å²) in [6, 6.07) is 8.20. The van der Waals surface area contributed by atoms with Crippen LogP contribution in [0, 0.1) is 6.92 Å². The zero-order valence-corrected chi connectivity index (χ0v) is 15.2. The second-order valence-electron chi connectivity index (χ2n) is 6.75. The Morgan fingerprint density at radius 3 is 2.62 bits per heavy atom. The number of rotatable bonds is 5. The van der Waals surface area contributed by atoms with Crippen LogP contribution < -0.4 is 4.74 Å². The fourth-order valence-electron chi connectivity index (χ4n) is 3.39. The van der Waals surface area contributed by atoms with Gasteiger partial charge in [0.2, 0.25) is 0 Å². The van der Waals surface area contributed by atoms with E-state index < -0.39 is 0 Å². The lowest BCUT2D eigenvalue weighted by Crippen LogP contribution is -2.30. The highest BCUT2D eigenvalue weighted by atomic mass is 16.5. The van der Waals surface area contributed by atoms with Crippen LogP contribution in [0.1, 0.15) is 33.9 Å². The maximum absolute atomic E-state index is 5.23. The molecule has 3 heterocycles. The van der Waals surface area contributed by atoms with Crippen LogP contribution in [0.5, 0.6) is 5.75 Å². The van der Waals surface area contributed by atoms with E-state index in [2.05, 4.69) is 37.2 Å². The molecule has 0 amide bonds. The number of aryl methyl sites for hydroxylation is 1. The maximum Gasteiger partial charge on any atom is 0.125 e. The first-order valence-electron chi connectivity index (χ1n) is 8.89. The van der Waals surface area contributed by atoms with Crippen LogP contribution in [-0.2, 0) is 25.9 Å². The van der Waals surface area contributed by atoms with Gasteiger partial charge in [-0.3, -0.25) is 10.00 Å². The van der Waals surface area contributed by atoms with Gasteiger partial charge in [0, 0.05) is 61.7 Å². The maximum atomic E-state index is 5.23. The standard InChI is InChI=1S/C20H23N5O/c1-14-21-10-16(11-22-14)12-25-8-7-19-18(13-25)20(24-23-19)9-15-3-5-17(26-2)6-4-15/h3-6,10-11H,7-9,12-13H2,1-2H3,(H,23,24). The lowest BCUT2D eigenvalue weighted by Gasteiger charge is -2.26. The molecule has 0 unspecified atom stereocenters. The summed E-state index contributed by atoms with van der Waals surface area (Å²) in [5, 5.41) is 7.82. The van der Waals surface area contributed by atoms with Crippen LogP contribution in [0.4, 0.5) is 0 Å². The highest BCUT2D eigenvalue weighted by Gasteiger charge is 2.22. The molecule has 6 nitrogen and oxygen atoms in total. The van der Waals surface area contributed by atoms with Crippen LogP contribution in [0.25, 0.3) is 0 Å². The van der Waals surface area contributed by atoms with Crippen molar-refractivity contribution in [3.63, 3.8) is 0 Å². The molecule has 0 bridgehead atoms. The van der Waals surface area contributed by atoms with Gasteiger partial charge in [-0.15, -0.1) is 0 Å². The number of methoxy groups -OCH3 is 1. The molecule has 26 heavy (non-hydrogen) atoms. The van der Waals surface area contributed by atoms with Crippen molar-refractivity contribution in [1.82, 2.24) is 25.1 Å². The molecule has 6 heteroatoms. The molecule has 0 aliphatic carbocycles. The number of benzene rings is 1. The van der Waals surface area contributed by atoms with Gasteiger partial charge in [0.05, 0.1) is 12.8 Å². The van der Waals surface area contributed by atoms with E-state index in [9.17, 15) is 0 Å². The van der Waals surface area contributed by atoms with Crippen molar-refractivity contribution in [3.8, 4) is 5.75 Å². The second kappa shape index (κ2) is 7.25. The van der Waals surface area contributed by atoms with Crippen LogP contribution in [-0.4, -0.2) is 38.7 Å². The molecule has 1 N–H and O–H groups in total. The Bertz CT molecular complexity index is 870. The number of aromatic amines is 1. The number of hydrogen-bond acceptors (Lipinski definition) is 5. The number of H-pyrrole nitrogens is 1. The first kappa shape index (κ1) is 16.7. The van der Waals surface area contributed by atoms with Crippen molar-refractivity contribution in [2.75, 3.05) is 13.7 Å². The summed E-state index contributed by atoms with van der Waals surface area (Å²) in [5.74, 6) is 1.69. The molecule has 0 saturated heterocycles. The van der Waals surface area contributed by atoms with Gasteiger partial charge in [-0.1, -0.05) is 12.1 Å². The molecule has 1 aliphatic heterocycles. The van der Waals surface area contributed by atoms with E-state index in [4.69, 9.17) is 4.74 Å². The Hall–Kier alpha value is -2.73. The predicted molar refractivity (Wildman–Crippen MR) is 99.0 cm³/mol. The molecule has 3 aromatic rings. The average molecular weight is 349 g/mol. The number of fused-ring (bicyclic) bond motifs is 1.